The molecular formula is C29H29ClN6O2. The molecule has 2 atom stereocenters. The highest BCUT2D eigenvalue weighted by atomic mass is 35.5. The second-order valence-corrected chi connectivity index (χ2v) is 11.0. The molecule has 4 aromatic rings. The predicted octanol–water partition coefficient (Wildman–Crippen LogP) is 5.43. The van der Waals surface area contributed by atoms with E-state index in [1.54, 1.807) is 6.20 Å². The molecule has 0 unspecified atom stereocenters. The second-order valence-electron chi connectivity index (χ2n) is 10.6. The number of benzene rings is 1. The maximum absolute atomic E-state index is 12.8. The molecule has 1 saturated heterocycles. The minimum absolute atomic E-state index is 0.0108. The molecule has 3 aromatic heterocycles. The quantitative estimate of drug-likeness (QED) is 0.268. The first-order valence-electron chi connectivity index (χ1n) is 13.2. The van der Waals surface area contributed by atoms with Crippen LogP contribution in [-0.4, -0.2) is 39.5 Å². The predicted molar refractivity (Wildman–Crippen MR) is 148 cm³/mol. The zero-order valence-corrected chi connectivity index (χ0v) is 21.6. The lowest BCUT2D eigenvalue weighted by atomic mass is 10.1. The summed E-state index contributed by atoms with van der Waals surface area (Å²) < 4.78 is 7.48. The van der Waals surface area contributed by atoms with Gasteiger partial charge in [-0.1, -0.05) is 23.7 Å². The molecule has 0 spiro atoms. The summed E-state index contributed by atoms with van der Waals surface area (Å²) >= 11 is 6.11. The van der Waals surface area contributed by atoms with Crippen molar-refractivity contribution in [3.63, 3.8) is 0 Å². The molecule has 3 aliphatic rings. The number of amides is 1. The third-order valence-corrected chi connectivity index (χ3v) is 7.79. The summed E-state index contributed by atoms with van der Waals surface area (Å²) in [5.41, 5.74) is 6.28. The Balaban J connectivity index is 1.01. The molecule has 1 aromatic carbocycles. The van der Waals surface area contributed by atoms with Crippen LogP contribution in [0.4, 0.5) is 17.2 Å². The Morgan fingerprint density at radius 1 is 1.11 bits per heavy atom. The number of anilines is 3. The SMILES string of the molecule is O=C(Nc1cc(NCc2cn3cc(C4CC4)cc(NC4COC4)c3n2)ccn1)[C@H]1C[C@@H]1c1cccc(Cl)c1. The fraction of sp³-hybridized carbons (Fsp3) is 0.345. The van der Waals surface area contributed by atoms with E-state index in [0.29, 0.717) is 29.3 Å². The average Bonchev–Trinajstić information content (AvgIpc) is 3.81. The highest BCUT2D eigenvalue weighted by molar-refractivity contribution is 6.30. The number of hydrogen-bond acceptors (Lipinski definition) is 6. The van der Waals surface area contributed by atoms with Gasteiger partial charge in [-0.3, -0.25) is 4.79 Å². The van der Waals surface area contributed by atoms with Crippen LogP contribution in [0.5, 0.6) is 0 Å². The third-order valence-electron chi connectivity index (χ3n) is 7.56. The van der Waals surface area contributed by atoms with Crippen molar-refractivity contribution in [3.8, 4) is 0 Å². The maximum atomic E-state index is 12.8. The molecule has 8 nitrogen and oxygen atoms in total. The van der Waals surface area contributed by atoms with Crippen molar-refractivity contribution in [3.05, 3.63) is 82.9 Å². The van der Waals surface area contributed by atoms with Crippen molar-refractivity contribution >= 4 is 40.3 Å². The fourth-order valence-corrected chi connectivity index (χ4v) is 5.35. The van der Waals surface area contributed by atoms with Crippen LogP contribution in [0.1, 0.15) is 47.9 Å². The van der Waals surface area contributed by atoms with Gasteiger partial charge in [0.25, 0.3) is 0 Å². The summed E-state index contributed by atoms with van der Waals surface area (Å²) in [5.74, 6) is 1.34. The van der Waals surface area contributed by atoms with Gasteiger partial charge >= 0.3 is 0 Å². The molecule has 1 aliphatic heterocycles. The van der Waals surface area contributed by atoms with Gasteiger partial charge in [-0.05, 0) is 66.5 Å². The average molecular weight is 529 g/mol. The highest BCUT2D eigenvalue weighted by Crippen LogP contribution is 2.48. The van der Waals surface area contributed by atoms with Gasteiger partial charge in [-0.2, -0.15) is 0 Å². The summed E-state index contributed by atoms with van der Waals surface area (Å²) in [4.78, 5) is 22.1. The van der Waals surface area contributed by atoms with Crippen LogP contribution in [0.15, 0.2) is 61.1 Å². The van der Waals surface area contributed by atoms with Crippen LogP contribution < -0.4 is 16.0 Å². The highest BCUT2D eigenvalue weighted by Gasteiger charge is 2.44. The summed E-state index contributed by atoms with van der Waals surface area (Å²) in [7, 11) is 0. The normalized spacial score (nSPS) is 20.7. The Hall–Kier alpha value is -3.62. The number of nitrogens with zero attached hydrogens (tertiary/aromatic N) is 3. The molecule has 9 heteroatoms. The summed E-state index contributed by atoms with van der Waals surface area (Å²) in [6, 6.07) is 14.1. The maximum Gasteiger partial charge on any atom is 0.229 e. The monoisotopic (exact) mass is 528 g/mol. The second kappa shape index (κ2) is 9.60. The Morgan fingerprint density at radius 3 is 2.79 bits per heavy atom. The zero-order valence-electron chi connectivity index (χ0n) is 20.9. The van der Waals surface area contributed by atoms with Crippen molar-refractivity contribution in [2.75, 3.05) is 29.2 Å². The molecule has 38 heavy (non-hydrogen) atoms. The lowest BCUT2D eigenvalue weighted by Gasteiger charge is -2.28. The molecule has 7 rings (SSSR count). The molecule has 2 aliphatic carbocycles. The Morgan fingerprint density at radius 2 is 2.00 bits per heavy atom. The summed E-state index contributed by atoms with van der Waals surface area (Å²) in [6.07, 6.45) is 9.33. The number of carbonyl (C=O) groups excluding carboxylic acids is 1. The smallest absolute Gasteiger partial charge is 0.229 e. The standard InChI is InChI=1S/C29H29ClN6O2/c30-20-3-1-2-18(8-20)24-11-25(24)29(37)35-27-10-21(6-7-31-27)32-12-22-14-36-13-19(17-4-5-17)9-26(28(36)34-22)33-23-15-38-16-23/h1-3,6-10,13-14,17,23-25,33H,4-5,11-12,15-16H2,(H2,31,32,35,37)/t24-,25+/m1/s1. The molecule has 4 heterocycles. The van der Waals surface area contributed by atoms with Gasteiger partial charge in [0.1, 0.15) is 5.82 Å². The van der Waals surface area contributed by atoms with E-state index in [-0.39, 0.29) is 17.7 Å². The lowest BCUT2D eigenvalue weighted by molar-refractivity contribution is -0.117. The lowest BCUT2D eigenvalue weighted by Crippen LogP contribution is -2.40. The van der Waals surface area contributed by atoms with E-state index in [0.717, 1.165) is 47.9 Å². The van der Waals surface area contributed by atoms with Crippen LogP contribution in [0.2, 0.25) is 5.02 Å². The Labute approximate surface area is 225 Å². The van der Waals surface area contributed by atoms with Gasteiger partial charge < -0.3 is 25.1 Å². The van der Waals surface area contributed by atoms with Gasteiger partial charge in [0, 0.05) is 41.3 Å². The molecule has 2 saturated carbocycles. The van der Waals surface area contributed by atoms with Gasteiger partial charge in [0.15, 0.2) is 5.65 Å². The van der Waals surface area contributed by atoms with Gasteiger partial charge in [0.2, 0.25) is 5.91 Å². The number of carbonyl (C=O) groups is 1. The van der Waals surface area contributed by atoms with E-state index in [1.807, 2.05) is 36.4 Å². The molecule has 3 N–H and O–H groups in total. The summed E-state index contributed by atoms with van der Waals surface area (Å²) in [5, 5.41) is 10.7. The Bertz CT molecular complexity index is 1510. The molecule has 194 valence electrons. The van der Waals surface area contributed by atoms with E-state index in [1.165, 1.54) is 18.4 Å². The van der Waals surface area contributed by atoms with E-state index in [2.05, 4.69) is 43.8 Å². The van der Waals surface area contributed by atoms with Crippen LogP contribution in [0.3, 0.4) is 0 Å². The number of rotatable bonds is 9. The topological polar surface area (TPSA) is 92.6 Å². The van der Waals surface area contributed by atoms with Crippen molar-refractivity contribution in [1.29, 1.82) is 0 Å². The van der Waals surface area contributed by atoms with Crippen molar-refractivity contribution in [2.45, 2.75) is 43.7 Å². The van der Waals surface area contributed by atoms with Gasteiger partial charge in [0.05, 0.1) is 37.2 Å². The van der Waals surface area contributed by atoms with Crippen LogP contribution >= 0.6 is 11.6 Å². The first kappa shape index (κ1) is 23.5. The minimum Gasteiger partial charge on any atom is -0.379 e. The minimum atomic E-state index is -0.0558. The molecule has 1 amide bonds. The summed E-state index contributed by atoms with van der Waals surface area (Å²) in [6.45, 7) is 2.03. The number of nitrogens with one attached hydrogen (secondary N) is 3. The largest absolute Gasteiger partial charge is 0.379 e. The third kappa shape index (κ3) is 4.93. The van der Waals surface area contributed by atoms with Crippen molar-refractivity contribution < 1.29 is 9.53 Å². The zero-order chi connectivity index (χ0) is 25.6. The molecule has 3 fully saturated rings. The number of ether oxygens (including phenoxy) is 1. The van der Waals surface area contributed by atoms with E-state index >= 15 is 0 Å². The van der Waals surface area contributed by atoms with Crippen LogP contribution in [0.25, 0.3) is 5.65 Å². The number of halogens is 1. The number of hydrogen-bond donors (Lipinski definition) is 3. The number of aromatic nitrogens is 3. The molecule has 0 radical (unpaired) electrons. The van der Waals surface area contributed by atoms with Crippen molar-refractivity contribution in [1.82, 2.24) is 14.4 Å². The molecule has 0 bridgehead atoms. The van der Waals surface area contributed by atoms with Crippen molar-refractivity contribution in [2.24, 2.45) is 5.92 Å². The number of pyridine rings is 2. The van der Waals surface area contributed by atoms with Crippen LogP contribution in [0, 0.1) is 5.92 Å². The van der Waals surface area contributed by atoms with E-state index < -0.39 is 0 Å². The molecular weight excluding hydrogens is 500 g/mol. The van der Waals surface area contributed by atoms with Gasteiger partial charge in [-0.25, -0.2) is 9.97 Å². The van der Waals surface area contributed by atoms with Crippen LogP contribution in [-0.2, 0) is 16.1 Å². The fourth-order valence-electron chi connectivity index (χ4n) is 5.15. The Kier molecular flexibility index (Phi) is 5.93. The first-order chi connectivity index (χ1) is 18.6. The van der Waals surface area contributed by atoms with E-state index in [4.69, 9.17) is 21.3 Å². The number of imidazole rings is 1. The first-order valence-corrected chi connectivity index (χ1v) is 13.6. The van der Waals surface area contributed by atoms with Gasteiger partial charge in [-0.15, -0.1) is 0 Å². The van der Waals surface area contributed by atoms with E-state index in [9.17, 15) is 4.79 Å². The number of fused-ring (bicyclic) bond motifs is 1.